The van der Waals surface area contributed by atoms with Crippen molar-refractivity contribution in [2.45, 2.75) is 32.9 Å². The number of likely N-dealkylation sites (tertiary alicyclic amines) is 1. The molecule has 0 aliphatic carbocycles. The second kappa shape index (κ2) is 10.2. The van der Waals surface area contributed by atoms with E-state index < -0.39 is 17.7 Å². The quantitative estimate of drug-likeness (QED) is 0.250. The second-order valence-electron chi connectivity index (χ2n) is 8.17. The number of ketones is 1. The first-order chi connectivity index (χ1) is 16.4. The number of amides is 1. The highest BCUT2D eigenvalue weighted by molar-refractivity contribution is 9.10. The topological polar surface area (TPSA) is 79.7 Å². The van der Waals surface area contributed by atoms with Gasteiger partial charge in [0, 0.05) is 29.0 Å². The third kappa shape index (κ3) is 4.75. The molecule has 0 spiro atoms. The lowest BCUT2D eigenvalue weighted by atomic mass is 9.94. The van der Waals surface area contributed by atoms with Gasteiger partial charge in [-0.3, -0.25) is 14.6 Å². The van der Waals surface area contributed by atoms with Gasteiger partial charge in [0.25, 0.3) is 11.7 Å². The summed E-state index contributed by atoms with van der Waals surface area (Å²) >= 11 is 3.43. The van der Waals surface area contributed by atoms with Gasteiger partial charge in [0.15, 0.2) is 0 Å². The van der Waals surface area contributed by atoms with Crippen LogP contribution in [0.2, 0.25) is 0 Å². The Labute approximate surface area is 207 Å². The van der Waals surface area contributed by atoms with E-state index in [1.54, 1.807) is 36.7 Å². The molecule has 1 atom stereocenters. The van der Waals surface area contributed by atoms with Gasteiger partial charge >= 0.3 is 0 Å². The molecule has 1 saturated heterocycles. The molecule has 3 aromatic rings. The van der Waals surface area contributed by atoms with E-state index in [1.165, 1.54) is 4.90 Å². The van der Waals surface area contributed by atoms with Gasteiger partial charge in [0.05, 0.1) is 18.2 Å². The molecule has 174 valence electrons. The highest BCUT2D eigenvalue weighted by Gasteiger charge is 2.46. The van der Waals surface area contributed by atoms with E-state index in [0.717, 1.165) is 33.3 Å². The first kappa shape index (κ1) is 23.7. The Balaban J connectivity index is 1.81. The molecule has 1 aromatic heterocycles. The second-order valence-corrected chi connectivity index (χ2v) is 9.08. The zero-order chi connectivity index (χ0) is 24.2. The molecule has 1 amide bonds. The molecule has 1 N–H and O–H groups in total. The van der Waals surface area contributed by atoms with Gasteiger partial charge in [0.1, 0.15) is 11.5 Å². The summed E-state index contributed by atoms with van der Waals surface area (Å²) in [7, 11) is 0. The molecule has 0 bridgehead atoms. The Morgan fingerprint density at radius 2 is 1.91 bits per heavy atom. The van der Waals surface area contributed by atoms with Crippen molar-refractivity contribution in [3.63, 3.8) is 0 Å². The number of aliphatic hydroxyl groups excluding tert-OH is 1. The number of hydrogen-bond donors (Lipinski definition) is 1. The smallest absolute Gasteiger partial charge is 0.295 e. The van der Waals surface area contributed by atoms with Gasteiger partial charge in [-0.2, -0.15) is 0 Å². The summed E-state index contributed by atoms with van der Waals surface area (Å²) in [6.07, 6.45) is 4.20. The molecule has 4 rings (SSSR count). The van der Waals surface area contributed by atoms with Crippen LogP contribution < -0.4 is 4.74 Å². The Morgan fingerprint density at radius 3 is 2.56 bits per heavy atom. The summed E-state index contributed by atoms with van der Waals surface area (Å²) in [5.74, 6) is -0.846. The van der Waals surface area contributed by atoms with Crippen molar-refractivity contribution >= 4 is 33.4 Å². The minimum atomic E-state index is -0.732. The first-order valence-electron chi connectivity index (χ1n) is 11.1. The SMILES string of the molecule is CCCOc1ccc(C(O)=C2C(=O)C(=O)N(Cc3cccnc3)[C@H]2c2ccc(Br)cc2)cc1C. The standard InChI is InChI=1S/C27H25BrN2O4/c1-3-13-34-22-11-8-20(14-17(22)2)25(31)23-24(19-6-9-21(28)10-7-19)30(27(33)26(23)32)16-18-5-4-12-29-15-18/h4-12,14-15,24,31H,3,13,16H2,1-2H3/t24-/m0/s1. The minimum Gasteiger partial charge on any atom is -0.507 e. The molecule has 34 heavy (non-hydrogen) atoms. The van der Waals surface area contributed by atoms with E-state index in [9.17, 15) is 14.7 Å². The van der Waals surface area contributed by atoms with Crippen molar-refractivity contribution in [2.75, 3.05) is 6.61 Å². The largest absolute Gasteiger partial charge is 0.507 e. The number of aromatic nitrogens is 1. The van der Waals surface area contributed by atoms with Crippen LogP contribution in [-0.4, -0.2) is 33.3 Å². The lowest BCUT2D eigenvalue weighted by molar-refractivity contribution is -0.140. The van der Waals surface area contributed by atoms with Crippen LogP contribution in [0.1, 0.15) is 41.6 Å². The van der Waals surface area contributed by atoms with Gasteiger partial charge in [-0.05, 0) is 66.4 Å². The Hall–Kier alpha value is -3.45. The molecule has 1 fully saturated rings. The molecule has 0 unspecified atom stereocenters. The maximum absolute atomic E-state index is 13.2. The number of nitrogens with zero attached hydrogens (tertiary/aromatic N) is 2. The number of halogens is 1. The number of ether oxygens (including phenoxy) is 1. The maximum atomic E-state index is 13.2. The van der Waals surface area contributed by atoms with Crippen LogP contribution in [0.3, 0.4) is 0 Å². The highest BCUT2D eigenvalue weighted by atomic mass is 79.9. The fourth-order valence-corrected chi connectivity index (χ4v) is 4.31. The molecule has 1 aliphatic heterocycles. The molecular formula is C27H25BrN2O4. The van der Waals surface area contributed by atoms with Crippen LogP contribution in [0.25, 0.3) is 5.76 Å². The molecule has 0 radical (unpaired) electrons. The number of pyridine rings is 1. The van der Waals surface area contributed by atoms with Gasteiger partial charge in [-0.25, -0.2) is 0 Å². The highest BCUT2D eigenvalue weighted by Crippen LogP contribution is 2.41. The zero-order valence-corrected chi connectivity index (χ0v) is 20.6. The first-order valence-corrected chi connectivity index (χ1v) is 11.9. The monoisotopic (exact) mass is 520 g/mol. The summed E-state index contributed by atoms with van der Waals surface area (Å²) in [6, 6.07) is 15.6. The molecule has 2 aromatic carbocycles. The third-order valence-corrected chi connectivity index (χ3v) is 6.24. The van der Waals surface area contributed by atoms with Crippen LogP contribution in [-0.2, 0) is 16.1 Å². The van der Waals surface area contributed by atoms with Crippen molar-refractivity contribution in [1.82, 2.24) is 9.88 Å². The van der Waals surface area contributed by atoms with Crippen molar-refractivity contribution in [3.05, 3.63) is 99.3 Å². The summed E-state index contributed by atoms with van der Waals surface area (Å²) in [5, 5.41) is 11.3. The van der Waals surface area contributed by atoms with Crippen LogP contribution in [0, 0.1) is 6.92 Å². The van der Waals surface area contributed by atoms with Gasteiger partial charge in [-0.1, -0.05) is 41.1 Å². The number of hydrogen-bond acceptors (Lipinski definition) is 5. The summed E-state index contributed by atoms with van der Waals surface area (Å²) in [6.45, 7) is 4.70. The van der Waals surface area contributed by atoms with Crippen molar-refractivity contribution in [2.24, 2.45) is 0 Å². The van der Waals surface area contributed by atoms with Gasteiger partial charge in [-0.15, -0.1) is 0 Å². The van der Waals surface area contributed by atoms with E-state index in [0.29, 0.717) is 12.2 Å². The number of benzene rings is 2. The van der Waals surface area contributed by atoms with Crippen LogP contribution in [0.15, 0.2) is 77.0 Å². The van der Waals surface area contributed by atoms with Crippen LogP contribution >= 0.6 is 15.9 Å². The molecule has 0 saturated carbocycles. The zero-order valence-electron chi connectivity index (χ0n) is 19.0. The number of Topliss-reactive ketones (excluding diaryl/α,β-unsaturated/α-hetero) is 1. The Kier molecular flexibility index (Phi) is 7.12. The predicted octanol–water partition coefficient (Wildman–Crippen LogP) is 5.56. The summed E-state index contributed by atoms with van der Waals surface area (Å²) < 4.78 is 6.61. The van der Waals surface area contributed by atoms with E-state index in [1.807, 2.05) is 44.2 Å². The number of aliphatic hydroxyl groups is 1. The average Bonchev–Trinajstić information content (AvgIpc) is 3.09. The normalized spacial score (nSPS) is 17.3. The number of aryl methyl sites for hydroxylation is 1. The number of rotatable bonds is 7. The van der Waals surface area contributed by atoms with Crippen LogP contribution in [0.5, 0.6) is 5.75 Å². The molecule has 7 heteroatoms. The molecular weight excluding hydrogens is 496 g/mol. The number of carbonyl (C=O) groups excluding carboxylic acids is 2. The van der Waals surface area contributed by atoms with Crippen molar-refractivity contribution in [3.8, 4) is 5.75 Å². The van der Waals surface area contributed by atoms with E-state index in [2.05, 4.69) is 20.9 Å². The van der Waals surface area contributed by atoms with Gasteiger partial charge in [0.2, 0.25) is 0 Å². The van der Waals surface area contributed by atoms with E-state index in [-0.39, 0.29) is 17.9 Å². The van der Waals surface area contributed by atoms with Crippen molar-refractivity contribution < 1.29 is 19.4 Å². The van der Waals surface area contributed by atoms with E-state index in [4.69, 9.17) is 4.74 Å². The average molecular weight is 521 g/mol. The minimum absolute atomic E-state index is 0.0674. The molecule has 1 aliphatic rings. The van der Waals surface area contributed by atoms with Crippen LogP contribution in [0.4, 0.5) is 0 Å². The lowest BCUT2D eigenvalue weighted by Crippen LogP contribution is -2.29. The number of carbonyl (C=O) groups is 2. The lowest BCUT2D eigenvalue weighted by Gasteiger charge is -2.25. The van der Waals surface area contributed by atoms with Gasteiger partial charge < -0.3 is 14.7 Å². The Morgan fingerprint density at radius 1 is 1.15 bits per heavy atom. The Bertz CT molecular complexity index is 1240. The molecule has 2 heterocycles. The third-order valence-electron chi connectivity index (χ3n) is 5.71. The fraction of sp³-hybridized carbons (Fsp3) is 0.222. The van der Waals surface area contributed by atoms with E-state index >= 15 is 0 Å². The summed E-state index contributed by atoms with van der Waals surface area (Å²) in [4.78, 5) is 31.9. The fourth-order valence-electron chi connectivity index (χ4n) is 4.05. The maximum Gasteiger partial charge on any atom is 0.295 e. The predicted molar refractivity (Wildman–Crippen MR) is 133 cm³/mol. The summed E-state index contributed by atoms with van der Waals surface area (Å²) in [5.41, 5.74) is 2.88. The van der Waals surface area contributed by atoms with Crippen molar-refractivity contribution in [1.29, 1.82) is 0 Å². The molecule has 6 nitrogen and oxygen atoms in total.